The first-order valence-corrected chi connectivity index (χ1v) is 24.7. The fraction of sp³-hybridized carbons (Fsp3) is 0.250. The van der Waals surface area contributed by atoms with Crippen LogP contribution in [-0.4, -0.2) is 66.9 Å². The number of carboxylic acid groups (broad SMARTS) is 1. The molecular formula is C56H45Cl2N4O10+. The fourth-order valence-electron chi connectivity index (χ4n) is 11.5. The number of aromatic carboxylic acids is 1. The molecule has 6 heterocycles. The van der Waals surface area contributed by atoms with Crippen molar-refractivity contribution in [2.45, 2.75) is 57.9 Å². The summed E-state index contributed by atoms with van der Waals surface area (Å²) in [6, 6.07) is 22.6. The highest BCUT2D eigenvalue weighted by molar-refractivity contribution is 6.40. The Bertz CT molecular complexity index is 3690. The van der Waals surface area contributed by atoms with Gasteiger partial charge in [-0.05, 0) is 97.7 Å². The number of nitrogens with one attached hydrogen (secondary N) is 2. The molecule has 7 aliphatic rings. The highest BCUT2D eigenvalue weighted by Crippen LogP contribution is 2.50. The first kappa shape index (κ1) is 46.6. The summed E-state index contributed by atoms with van der Waals surface area (Å²) < 4.78 is 15.6. The number of benzene rings is 6. The number of phenolic OH excluding ortho intramolecular Hbond substituents is 1. The minimum atomic E-state index is -1.28. The summed E-state index contributed by atoms with van der Waals surface area (Å²) in [6.45, 7) is 3.63. The SMILES string of the molecule is O=C(CNC(=O)c1cc(Cl)c(C(=O)O)c(C2=c3cc4c5c(c3Oc3c2cc2c6c3CCCN6CCC2)CCC[N+]=5CCC4)c1Cl)NCc1ccc(-c2c3ccc(=O)cc-3oc3cc(O)ccc23)cc1.O=C=O. The normalized spacial score (nSPS) is 14.9. The van der Waals surface area contributed by atoms with Crippen LogP contribution in [0.2, 0.25) is 10.0 Å². The lowest BCUT2D eigenvalue weighted by Gasteiger charge is -2.39. The van der Waals surface area contributed by atoms with E-state index < -0.39 is 24.3 Å². The van der Waals surface area contributed by atoms with Crippen molar-refractivity contribution in [1.82, 2.24) is 15.2 Å². The average Bonchev–Trinajstić information content (AvgIpc) is 3.37. The van der Waals surface area contributed by atoms with Gasteiger partial charge in [-0.1, -0.05) is 47.5 Å². The van der Waals surface area contributed by atoms with Crippen molar-refractivity contribution in [3.63, 3.8) is 0 Å². The number of phenols is 1. The van der Waals surface area contributed by atoms with Gasteiger partial charge in [-0.15, -0.1) is 0 Å². The molecule has 5 aromatic carbocycles. The molecule has 14 nitrogen and oxygen atoms in total. The molecule has 5 aromatic rings. The number of aromatic hydroxyl groups is 1. The van der Waals surface area contributed by atoms with Crippen LogP contribution in [0.3, 0.4) is 0 Å². The number of rotatable bonds is 8. The Hall–Kier alpha value is -7.77. The van der Waals surface area contributed by atoms with E-state index in [4.69, 9.17) is 41.9 Å². The molecule has 0 atom stereocenters. The number of carbonyl (C=O) groups is 3. The molecule has 1 aliphatic carbocycles. The van der Waals surface area contributed by atoms with Crippen molar-refractivity contribution in [3.8, 4) is 39.7 Å². The number of fused-ring (bicyclic) bond motifs is 6. The van der Waals surface area contributed by atoms with Crippen molar-refractivity contribution in [1.29, 1.82) is 0 Å². The summed E-state index contributed by atoms with van der Waals surface area (Å²) in [5, 5.41) is 29.1. The van der Waals surface area contributed by atoms with Crippen LogP contribution in [0, 0.1) is 0 Å². The zero-order valence-electron chi connectivity index (χ0n) is 38.7. The van der Waals surface area contributed by atoms with E-state index in [1.165, 1.54) is 46.4 Å². The maximum Gasteiger partial charge on any atom is 0.373 e. The van der Waals surface area contributed by atoms with Gasteiger partial charge in [0.2, 0.25) is 11.3 Å². The van der Waals surface area contributed by atoms with Crippen LogP contribution in [0.4, 0.5) is 5.69 Å². The number of nitrogens with zero attached hydrogens (tertiary/aromatic N) is 2. The Morgan fingerprint density at radius 3 is 2.29 bits per heavy atom. The molecule has 0 saturated heterocycles. The number of halogens is 2. The van der Waals surface area contributed by atoms with Crippen molar-refractivity contribution in [2.24, 2.45) is 0 Å². The Labute approximate surface area is 421 Å². The number of hydrogen-bond acceptors (Lipinski definition) is 10. The first-order valence-electron chi connectivity index (χ1n) is 23.9. The number of carbonyl (C=O) groups excluding carboxylic acids is 4. The molecule has 0 radical (unpaired) electrons. The van der Waals surface area contributed by atoms with Crippen molar-refractivity contribution >= 4 is 69.4 Å². The van der Waals surface area contributed by atoms with E-state index in [9.17, 15) is 29.4 Å². The number of ether oxygens (including phenoxy) is 1. The molecule has 0 spiro atoms. The lowest BCUT2D eigenvalue weighted by atomic mass is 9.81. The number of hydrogen-bond donors (Lipinski definition) is 4. The zero-order valence-corrected chi connectivity index (χ0v) is 40.2. The van der Waals surface area contributed by atoms with Gasteiger partial charge in [-0.3, -0.25) is 14.4 Å². The van der Waals surface area contributed by atoms with Crippen LogP contribution < -0.4 is 40.9 Å². The van der Waals surface area contributed by atoms with Crippen LogP contribution >= 0.6 is 23.2 Å². The third kappa shape index (κ3) is 8.05. The molecule has 12 rings (SSSR count). The molecule has 0 fully saturated rings. The van der Waals surface area contributed by atoms with Crippen molar-refractivity contribution < 1.29 is 43.3 Å². The predicted molar refractivity (Wildman–Crippen MR) is 269 cm³/mol. The van der Waals surface area contributed by atoms with E-state index in [-0.39, 0.29) is 50.6 Å². The highest BCUT2D eigenvalue weighted by Gasteiger charge is 2.38. The van der Waals surface area contributed by atoms with E-state index in [0.29, 0.717) is 28.4 Å². The average molecular weight is 1000 g/mol. The smallest absolute Gasteiger partial charge is 0.373 e. The number of carboxylic acids is 1. The topological polar surface area (TPSA) is 196 Å². The van der Waals surface area contributed by atoms with Crippen molar-refractivity contribution in [3.05, 3.63) is 160 Å². The number of amides is 2. The molecule has 6 aliphatic heterocycles. The second-order valence-electron chi connectivity index (χ2n) is 18.7. The third-order valence-electron chi connectivity index (χ3n) is 14.4. The molecule has 4 N–H and O–H groups in total. The van der Waals surface area contributed by atoms with Gasteiger partial charge in [0.25, 0.3) is 5.91 Å². The van der Waals surface area contributed by atoms with Crippen LogP contribution in [0.15, 0.2) is 88.1 Å². The van der Waals surface area contributed by atoms with E-state index in [2.05, 4.69) is 32.2 Å². The second-order valence-corrected chi connectivity index (χ2v) is 19.5. The van der Waals surface area contributed by atoms with E-state index >= 15 is 0 Å². The Balaban J connectivity index is 0.00000182. The minimum Gasteiger partial charge on any atom is -0.508 e. The lowest BCUT2D eigenvalue weighted by molar-refractivity contribution is -0.191. The largest absolute Gasteiger partial charge is 0.508 e. The fourth-order valence-corrected chi connectivity index (χ4v) is 12.1. The summed E-state index contributed by atoms with van der Waals surface area (Å²) in [5.74, 6) is -0.602. The lowest BCUT2D eigenvalue weighted by Crippen LogP contribution is -2.45. The third-order valence-corrected chi connectivity index (χ3v) is 15.1. The van der Waals surface area contributed by atoms with Gasteiger partial charge in [0.15, 0.2) is 5.43 Å². The second kappa shape index (κ2) is 18.8. The standard InChI is InChI=1S/C55H44Cl2N4O8.CO2/c56-41-25-40(54(65)59-27-44(64)58-26-28-9-11-29(12-10-28)45-34-15-13-32(62)23-42(34)68-43-24-33(63)14-16-35(43)45)49(57)48(47(41)55(66)67)46-38-21-30-5-1-17-60-19-3-7-36(50(30)60)52(38)69-53-37-8-4-20-61-18-2-6-31(51(37)61)22-39(46)53;2-1-3/h9-16,21-25H,1-8,17-20,26-27H2,(H3-,58,59,62,63,64,65,66,67);/p+1. The Morgan fingerprint density at radius 1 is 0.778 bits per heavy atom. The van der Waals surface area contributed by atoms with Crippen LogP contribution in [0.1, 0.15) is 85.3 Å². The molecule has 362 valence electrons. The van der Waals surface area contributed by atoms with Crippen LogP contribution in [-0.2, 0) is 46.6 Å². The van der Waals surface area contributed by atoms with Gasteiger partial charge in [0, 0.05) is 99.9 Å². The molecule has 16 heteroatoms. The summed E-state index contributed by atoms with van der Waals surface area (Å²) in [4.78, 5) is 71.8. The summed E-state index contributed by atoms with van der Waals surface area (Å²) >= 11 is 14.3. The molecular weight excluding hydrogens is 960 g/mol. The first-order chi connectivity index (χ1) is 34.9. The van der Waals surface area contributed by atoms with Gasteiger partial charge in [-0.2, -0.15) is 9.59 Å². The molecule has 0 bridgehead atoms. The van der Waals surface area contributed by atoms with Gasteiger partial charge >= 0.3 is 12.1 Å². The van der Waals surface area contributed by atoms with E-state index in [1.54, 1.807) is 18.2 Å². The quantitative estimate of drug-likeness (QED) is 0.0890. The van der Waals surface area contributed by atoms with Crippen molar-refractivity contribution in [2.75, 3.05) is 37.6 Å². The van der Waals surface area contributed by atoms with Gasteiger partial charge in [0.05, 0.1) is 33.3 Å². The zero-order chi connectivity index (χ0) is 49.9. The molecule has 0 aromatic heterocycles. The molecule has 0 unspecified atom stereocenters. The maximum absolute atomic E-state index is 14.2. The number of aryl methyl sites for hydroxylation is 2. The van der Waals surface area contributed by atoms with Gasteiger partial charge < -0.3 is 34.9 Å². The molecule has 0 saturated carbocycles. The van der Waals surface area contributed by atoms with Crippen LogP contribution in [0.25, 0.3) is 39.0 Å². The molecule has 72 heavy (non-hydrogen) atoms. The number of anilines is 1. The monoisotopic (exact) mass is 1000 g/mol. The Morgan fingerprint density at radius 2 is 1.51 bits per heavy atom. The predicted octanol–water partition coefficient (Wildman–Crippen LogP) is 7.17. The minimum absolute atomic E-state index is 0.0352. The molecule has 2 amide bonds. The maximum atomic E-state index is 14.2. The van der Waals surface area contributed by atoms with E-state index in [0.717, 1.165) is 127 Å². The van der Waals surface area contributed by atoms with Gasteiger partial charge in [0.1, 0.15) is 41.7 Å². The Kier molecular flexibility index (Phi) is 12.1. The summed E-state index contributed by atoms with van der Waals surface area (Å²) in [6.07, 6.45) is 7.51. The van der Waals surface area contributed by atoms with Gasteiger partial charge in [-0.25, -0.2) is 9.37 Å². The van der Waals surface area contributed by atoms with E-state index in [1.807, 2.05) is 24.3 Å². The highest BCUT2D eigenvalue weighted by atomic mass is 35.5. The summed E-state index contributed by atoms with van der Waals surface area (Å²) in [7, 11) is 0. The summed E-state index contributed by atoms with van der Waals surface area (Å²) in [5.41, 5.74) is 10.4. The van der Waals surface area contributed by atoms with Crippen LogP contribution in [0.5, 0.6) is 17.2 Å².